The van der Waals surface area contributed by atoms with Crippen LogP contribution in [0.25, 0.3) is 11.4 Å². The number of benzene rings is 1. The van der Waals surface area contributed by atoms with E-state index in [1.165, 1.54) is 12.1 Å². The Labute approximate surface area is 118 Å². The molecule has 3 nitrogen and oxygen atoms in total. The molecule has 19 heavy (non-hydrogen) atoms. The molecule has 6 heteroatoms. The standard InChI is InChI=1S/C13H12BrF2N3/c1-2-9-10(14)12(17)19-13(18-9)8-5-3-7(4-6-8)11(15)16/h3-6,11H,2H2,1H3,(H2,17,18,19). The lowest BCUT2D eigenvalue weighted by Gasteiger charge is -2.08. The summed E-state index contributed by atoms with van der Waals surface area (Å²) in [7, 11) is 0. The molecule has 0 spiro atoms. The van der Waals surface area contributed by atoms with Gasteiger partial charge in [-0.25, -0.2) is 18.7 Å². The number of aromatic nitrogens is 2. The summed E-state index contributed by atoms with van der Waals surface area (Å²) in [6, 6.07) is 5.88. The number of hydrogen-bond acceptors (Lipinski definition) is 3. The molecule has 0 bridgehead atoms. The fraction of sp³-hybridized carbons (Fsp3) is 0.231. The Balaban J connectivity index is 2.44. The molecule has 0 saturated carbocycles. The van der Waals surface area contributed by atoms with Crippen molar-refractivity contribution >= 4 is 21.7 Å². The van der Waals surface area contributed by atoms with Gasteiger partial charge in [0.1, 0.15) is 5.82 Å². The summed E-state index contributed by atoms with van der Waals surface area (Å²) in [4.78, 5) is 8.53. The fourth-order valence-electron chi connectivity index (χ4n) is 1.65. The van der Waals surface area contributed by atoms with Gasteiger partial charge in [-0.05, 0) is 22.4 Å². The molecular formula is C13H12BrF2N3. The number of anilines is 1. The summed E-state index contributed by atoms with van der Waals surface area (Å²) in [5, 5.41) is 0. The van der Waals surface area contributed by atoms with Crippen LogP contribution in [0, 0.1) is 0 Å². The minimum Gasteiger partial charge on any atom is -0.383 e. The third-order valence-electron chi connectivity index (χ3n) is 2.70. The maximum absolute atomic E-state index is 12.5. The van der Waals surface area contributed by atoms with E-state index in [-0.39, 0.29) is 5.56 Å². The molecule has 0 saturated heterocycles. The van der Waals surface area contributed by atoms with E-state index in [4.69, 9.17) is 5.73 Å². The third-order valence-corrected chi connectivity index (χ3v) is 3.57. The molecule has 0 aliphatic carbocycles. The SMILES string of the molecule is CCc1nc(-c2ccc(C(F)F)cc2)nc(N)c1Br. The van der Waals surface area contributed by atoms with Gasteiger partial charge in [-0.15, -0.1) is 0 Å². The summed E-state index contributed by atoms with van der Waals surface area (Å²) in [6.45, 7) is 1.95. The van der Waals surface area contributed by atoms with Gasteiger partial charge in [0.05, 0.1) is 10.2 Å². The number of nitrogens with two attached hydrogens (primary N) is 1. The van der Waals surface area contributed by atoms with Crippen LogP contribution >= 0.6 is 15.9 Å². The van der Waals surface area contributed by atoms with E-state index >= 15 is 0 Å². The molecule has 0 unspecified atom stereocenters. The molecule has 1 aromatic carbocycles. The zero-order valence-corrected chi connectivity index (χ0v) is 11.8. The third kappa shape index (κ3) is 2.89. The molecule has 0 atom stereocenters. The molecule has 0 radical (unpaired) electrons. The van der Waals surface area contributed by atoms with Crippen molar-refractivity contribution < 1.29 is 8.78 Å². The summed E-state index contributed by atoms with van der Waals surface area (Å²) in [6.07, 6.45) is -1.77. The summed E-state index contributed by atoms with van der Waals surface area (Å²) >= 11 is 3.33. The first kappa shape index (κ1) is 13.9. The van der Waals surface area contributed by atoms with E-state index in [0.717, 1.165) is 5.69 Å². The quantitative estimate of drug-likeness (QED) is 0.927. The Hall–Kier alpha value is -1.56. The van der Waals surface area contributed by atoms with Crippen molar-refractivity contribution in [2.24, 2.45) is 0 Å². The fourth-order valence-corrected chi connectivity index (χ4v) is 2.11. The van der Waals surface area contributed by atoms with Crippen molar-refractivity contribution in [2.75, 3.05) is 5.73 Å². The largest absolute Gasteiger partial charge is 0.383 e. The second-order valence-corrected chi connectivity index (χ2v) is 4.76. The van der Waals surface area contributed by atoms with E-state index in [2.05, 4.69) is 25.9 Å². The molecule has 2 aromatic rings. The Morgan fingerprint density at radius 3 is 2.37 bits per heavy atom. The van der Waals surface area contributed by atoms with Crippen LogP contribution in [0.3, 0.4) is 0 Å². The van der Waals surface area contributed by atoms with E-state index in [1.807, 2.05) is 6.92 Å². The van der Waals surface area contributed by atoms with Crippen molar-refractivity contribution in [1.82, 2.24) is 9.97 Å². The second kappa shape index (κ2) is 5.61. The average molecular weight is 328 g/mol. The van der Waals surface area contributed by atoms with Gasteiger partial charge in [0.2, 0.25) is 0 Å². The number of hydrogen-bond donors (Lipinski definition) is 1. The Bertz CT molecular complexity index is 585. The predicted molar refractivity (Wildman–Crippen MR) is 73.9 cm³/mol. The van der Waals surface area contributed by atoms with Gasteiger partial charge in [0, 0.05) is 11.1 Å². The predicted octanol–water partition coefficient (Wildman–Crippen LogP) is 3.99. The van der Waals surface area contributed by atoms with Crippen molar-refractivity contribution in [2.45, 2.75) is 19.8 Å². The molecule has 0 aliphatic rings. The zero-order chi connectivity index (χ0) is 14.0. The zero-order valence-electron chi connectivity index (χ0n) is 10.2. The minimum absolute atomic E-state index is 0.0236. The molecule has 1 heterocycles. The van der Waals surface area contributed by atoms with Crippen LogP contribution in [0.15, 0.2) is 28.7 Å². The lowest BCUT2D eigenvalue weighted by atomic mass is 10.1. The number of alkyl halides is 2. The average Bonchev–Trinajstić information content (AvgIpc) is 2.41. The van der Waals surface area contributed by atoms with E-state index in [1.54, 1.807) is 12.1 Å². The first-order valence-corrected chi connectivity index (χ1v) is 6.52. The summed E-state index contributed by atoms with van der Waals surface area (Å²) in [5.41, 5.74) is 7.23. The highest BCUT2D eigenvalue weighted by Gasteiger charge is 2.11. The second-order valence-electron chi connectivity index (χ2n) is 3.97. The van der Waals surface area contributed by atoms with Crippen LogP contribution in [-0.4, -0.2) is 9.97 Å². The first-order chi connectivity index (χ1) is 9.02. The molecule has 0 amide bonds. The van der Waals surface area contributed by atoms with E-state index in [9.17, 15) is 8.78 Å². The number of halogens is 3. The van der Waals surface area contributed by atoms with Gasteiger partial charge >= 0.3 is 0 Å². The number of rotatable bonds is 3. The number of nitrogens with zero attached hydrogens (tertiary/aromatic N) is 2. The van der Waals surface area contributed by atoms with E-state index in [0.29, 0.717) is 28.1 Å². The minimum atomic E-state index is -2.48. The Morgan fingerprint density at radius 2 is 1.84 bits per heavy atom. The summed E-state index contributed by atoms with van der Waals surface area (Å²) in [5.74, 6) is 0.790. The maximum Gasteiger partial charge on any atom is 0.263 e. The molecule has 2 N–H and O–H groups in total. The molecule has 2 rings (SSSR count). The van der Waals surface area contributed by atoms with Crippen molar-refractivity contribution in [3.63, 3.8) is 0 Å². The monoisotopic (exact) mass is 327 g/mol. The van der Waals surface area contributed by atoms with Gasteiger partial charge in [-0.2, -0.15) is 0 Å². The van der Waals surface area contributed by atoms with Gasteiger partial charge in [-0.3, -0.25) is 0 Å². The Kier molecular flexibility index (Phi) is 4.09. The normalized spacial score (nSPS) is 11.0. The smallest absolute Gasteiger partial charge is 0.263 e. The topological polar surface area (TPSA) is 51.8 Å². The molecule has 1 aromatic heterocycles. The van der Waals surface area contributed by atoms with Gasteiger partial charge < -0.3 is 5.73 Å². The van der Waals surface area contributed by atoms with Crippen LogP contribution < -0.4 is 5.73 Å². The van der Waals surface area contributed by atoms with Crippen LogP contribution in [0.2, 0.25) is 0 Å². The van der Waals surface area contributed by atoms with Gasteiger partial charge in [0.25, 0.3) is 6.43 Å². The highest BCUT2D eigenvalue weighted by Crippen LogP contribution is 2.27. The van der Waals surface area contributed by atoms with Crippen molar-refractivity contribution in [3.05, 3.63) is 40.0 Å². The number of aryl methyl sites for hydroxylation is 1. The molecule has 100 valence electrons. The lowest BCUT2D eigenvalue weighted by Crippen LogP contribution is -2.02. The Morgan fingerprint density at radius 1 is 1.21 bits per heavy atom. The molecule has 0 fully saturated rings. The highest BCUT2D eigenvalue weighted by atomic mass is 79.9. The van der Waals surface area contributed by atoms with Crippen LogP contribution in [0.1, 0.15) is 24.6 Å². The van der Waals surface area contributed by atoms with E-state index < -0.39 is 6.43 Å². The van der Waals surface area contributed by atoms with Crippen molar-refractivity contribution in [1.29, 1.82) is 0 Å². The van der Waals surface area contributed by atoms with Crippen molar-refractivity contribution in [3.8, 4) is 11.4 Å². The van der Waals surface area contributed by atoms with Crippen LogP contribution in [0.5, 0.6) is 0 Å². The highest BCUT2D eigenvalue weighted by molar-refractivity contribution is 9.10. The van der Waals surface area contributed by atoms with Gasteiger partial charge in [-0.1, -0.05) is 31.2 Å². The first-order valence-electron chi connectivity index (χ1n) is 5.73. The lowest BCUT2D eigenvalue weighted by molar-refractivity contribution is 0.151. The maximum atomic E-state index is 12.5. The van der Waals surface area contributed by atoms with Crippen LogP contribution in [0.4, 0.5) is 14.6 Å². The van der Waals surface area contributed by atoms with Crippen LogP contribution in [-0.2, 0) is 6.42 Å². The molecular weight excluding hydrogens is 316 g/mol. The summed E-state index contributed by atoms with van der Waals surface area (Å²) < 4.78 is 25.6. The number of nitrogen functional groups attached to an aromatic ring is 1. The van der Waals surface area contributed by atoms with Gasteiger partial charge in [0.15, 0.2) is 5.82 Å². The molecule has 0 aliphatic heterocycles.